The molecular weight excluding hydrogens is 216 g/mol. The van der Waals surface area contributed by atoms with Gasteiger partial charge in [-0.15, -0.1) is 0 Å². The van der Waals surface area contributed by atoms with E-state index < -0.39 is 24.1 Å². The maximum atomic E-state index is 11.5. The zero-order chi connectivity index (χ0) is 12.1. The number of rotatable bonds is 4. The molecule has 1 unspecified atom stereocenters. The van der Waals surface area contributed by atoms with Gasteiger partial charge in [0, 0.05) is 13.0 Å². The van der Waals surface area contributed by atoms with E-state index in [1.54, 1.807) is 0 Å². The Morgan fingerprint density at radius 1 is 1.19 bits per heavy atom. The van der Waals surface area contributed by atoms with E-state index in [0.29, 0.717) is 13.0 Å². The van der Waals surface area contributed by atoms with Gasteiger partial charge in [0.05, 0.1) is 20.8 Å². The Kier molecular flexibility index (Phi) is 4.70. The molecule has 1 aliphatic rings. The van der Waals surface area contributed by atoms with E-state index in [1.807, 2.05) is 0 Å². The second-order valence-corrected chi connectivity index (χ2v) is 3.45. The van der Waals surface area contributed by atoms with E-state index in [-0.39, 0.29) is 5.92 Å². The quantitative estimate of drug-likeness (QED) is 0.500. The van der Waals surface area contributed by atoms with Crippen molar-refractivity contribution in [2.75, 3.05) is 27.9 Å². The first kappa shape index (κ1) is 12.9. The van der Waals surface area contributed by atoms with Crippen LogP contribution in [0.25, 0.3) is 0 Å². The van der Waals surface area contributed by atoms with E-state index in [9.17, 15) is 9.59 Å². The van der Waals surface area contributed by atoms with Gasteiger partial charge in [-0.3, -0.25) is 9.59 Å². The average Bonchev–Trinajstić information content (AvgIpc) is 2.76. The number of hydrogen-bond acceptors (Lipinski definition) is 6. The number of hydrogen-bond donors (Lipinski definition) is 0. The monoisotopic (exact) mass is 232 g/mol. The number of carbonyl (C=O) groups excluding carboxylic acids is 2. The van der Waals surface area contributed by atoms with Crippen LogP contribution in [0.15, 0.2) is 0 Å². The molecule has 0 aromatic carbocycles. The first-order chi connectivity index (χ1) is 7.65. The third-order valence-electron chi connectivity index (χ3n) is 2.65. The lowest BCUT2D eigenvalue weighted by Gasteiger charge is -2.22. The van der Waals surface area contributed by atoms with Gasteiger partial charge in [0.1, 0.15) is 0 Å². The molecule has 1 heterocycles. The highest BCUT2D eigenvalue weighted by Gasteiger charge is 2.44. The Hall–Kier alpha value is -1.14. The highest BCUT2D eigenvalue weighted by molar-refractivity contribution is 5.95. The van der Waals surface area contributed by atoms with Crippen molar-refractivity contribution in [2.45, 2.75) is 12.7 Å². The van der Waals surface area contributed by atoms with Gasteiger partial charge in [0.2, 0.25) is 0 Å². The molecule has 1 rings (SSSR count). The van der Waals surface area contributed by atoms with E-state index in [4.69, 9.17) is 9.47 Å². The summed E-state index contributed by atoms with van der Waals surface area (Å²) in [6, 6.07) is 0. The molecule has 0 amide bonds. The highest BCUT2D eigenvalue weighted by Crippen LogP contribution is 2.30. The molecule has 0 spiro atoms. The summed E-state index contributed by atoms with van der Waals surface area (Å²) in [6.45, 7) is 0.452. The van der Waals surface area contributed by atoms with Gasteiger partial charge >= 0.3 is 11.9 Å². The molecule has 16 heavy (non-hydrogen) atoms. The fraction of sp³-hybridized carbons (Fsp3) is 0.800. The Bertz CT molecular complexity index is 248. The molecule has 1 saturated heterocycles. The van der Waals surface area contributed by atoms with Gasteiger partial charge in [-0.1, -0.05) is 0 Å². The molecule has 1 aliphatic heterocycles. The largest absolute Gasteiger partial charge is 0.468 e. The lowest BCUT2D eigenvalue weighted by Crippen LogP contribution is -2.38. The normalized spacial score (nSPS) is 24.5. The van der Waals surface area contributed by atoms with Gasteiger partial charge in [0.25, 0.3) is 0 Å². The topological polar surface area (TPSA) is 71.1 Å². The number of esters is 2. The maximum Gasteiger partial charge on any atom is 0.320 e. The standard InChI is InChI=1S/C10H16O6/c1-13-8(11)7(9(12)14-2)6-4-5-16-10(6)15-3/h6-7,10H,4-5H2,1-3H3/t6-,10?/m0/s1. The Labute approximate surface area is 93.8 Å². The molecule has 2 atom stereocenters. The molecule has 0 aromatic rings. The van der Waals surface area contributed by atoms with Crippen LogP contribution in [0.5, 0.6) is 0 Å². The summed E-state index contributed by atoms with van der Waals surface area (Å²) in [5.74, 6) is -2.58. The van der Waals surface area contributed by atoms with Crippen molar-refractivity contribution in [2.24, 2.45) is 11.8 Å². The highest BCUT2D eigenvalue weighted by atomic mass is 16.7. The Morgan fingerprint density at radius 3 is 2.19 bits per heavy atom. The van der Waals surface area contributed by atoms with Crippen LogP contribution in [0.2, 0.25) is 0 Å². The summed E-state index contributed by atoms with van der Waals surface area (Å²) < 4.78 is 19.5. The summed E-state index contributed by atoms with van der Waals surface area (Å²) in [7, 11) is 3.93. The number of ether oxygens (including phenoxy) is 4. The van der Waals surface area contributed by atoms with E-state index in [1.165, 1.54) is 21.3 Å². The average molecular weight is 232 g/mol. The molecule has 0 aromatic heterocycles. The van der Waals surface area contributed by atoms with Crippen LogP contribution < -0.4 is 0 Å². The molecule has 1 fully saturated rings. The van der Waals surface area contributed by atoms with Crippen LogP contribution in [0, 0.1) is 11.8 Å². The van der Waals surface area contributed by atoms with Crippen LogP contribution in [0.1, 0.15) is 6.42 Å². The van der Waals surface area contributed by atoms with Crippen molar-refractivity contribution in [1.29, 1.82) is 0 Å². The van der Waals surface area contributed by atoms with Gasteiger partial charge in [-0.2, -0.15) is 0 Å². The summed E-state index contributed by atoms with van der Waals surface area (Å²) >= 11 is 0. The van der Waals surface area contributed by atoms with Crippen molar-refractivity contribution < 1.29 is 28.5 Å². The molecule has 6 nitrogen and oxygen atoms in total. The molecular formula is C10H16O6. The summed E-state index contributed by atoms with van der Waals surface area (Å²) in [5, 5.41) is 0. The Balaban J connectivity index is 2.83. The zero-order valence-corrected chi connectivity index (χ0v) is 9.60. The molecule has 0 aliphatic carbocycles. The minimum absolute atomic E-state index is 0.357. The minimum Gasteiger partial charge on any atom is -0.468 e. The SMILES string of the molecule is COC(=O)C(C(=O)OC)[C@@H]1CCOC1OC. The second-order valence-electron chi connectivity index (χ2n) is 3.45. The van der Waals surface area contributed by atoms with Crippen LogP contribution in [0.3, 0.4) is 0 Å². The zero-order valence-electron chi connectivity index (χ0n) is 9.60. The van der Waals surface area contributed by atoms with Gasteiger partial charge in [-0.25, -0.2) is 0 Å². The summed E-state index contributed by atoms with van der Waals surface area (Å²) in [6.07, 6.45) is -0.00361. The van der Waals surface area contributed by atoms with Crippen molar-refractivity contribution in [1.82, 2.24) is 0 Å². The smallest absolute Gasteiger partial charge is 0.320 e. The first-order valence-corrected chi connectivity index (χ1v) is 4.95. The molecule has 0 N–H and O–H groups in total. The minimum atomic E-state index is -0.984. The Morgan fingerprint density at radius 2 is 1.75 bits per heavy atom. The predicted molar refractivity (Wildman–Crippen MR) is 52.4 cm³/mol. The van der Waals surface area contributed by atoms with Crippen molar-refractivity contribution in [3.63, 3.8) is 0 Å². The van der Waals surface area contributed by atoms with Crippen LogP contribution >= 0.6 is 0 Å². The van der Waals surface area contributed by atoms with Crippen molar-refractivity contribution in [3.8, 4) is 0 Å². The fourth-order valence-corrected chi connectivity index (χ4v) is 1.85. The van der Waals surface area contributed by atoms with Gasteiger partial charge < -0.3 is 18.9 Å². The summed E-state index contributed by atoms with van der Waals surface area (Å²) in [5.41, 5.74) is 0. The van der Waals surface area contributed by atoms with Gasteiger partial charge in [0.15, 0.2) is 12.2 Å². The van der Waals surface area contributed by atoms with Gasteiger partial charge in [-0.05, 0) is 6.42 Å². The van der Waals surface area contributed by atoms with Crippen LogP contribution in [0.4, 0.5) is 0 Å². The van der Waals surface area contributed by atoms with E-state index >= 15 is 0 Å². The third kappa shape index (κ3) is 2.51. The maximum absolute atomic E-state index is 11.5. The lowest BCUT2D eigenvalue weighted by molar-refractivity contribution is -0.171. The third-order valence-corrected chi connectivity index (χ3v) is 2.65. The molecule has 6 heteroatoms. The van der Waals surface area contributed by atoms with Crippen LogP contribution in [-0.4, -0.2) is 46.2 Å². The predicted octanol–water partition coefficient (Wildman–Crippen LogP) is -0.0424. The van der Waals surface area contributed by atoms with Crippen molar-refractivity contribution >= 4 is 11.9 Å². The molecule has 0 radical (unpaired) electrons. The molecule has 0 saturated carbocycles. The number of methoxy groups -OCH3 is 3. The fourth-order valence-electron chi connectivity index (χ4n) is 1.85. The molecule has 0 bridgehead atoms. The van der Waals surface area contributed by atoms with Crippen molar-refractivity contribution in [3.05, 3.63) is 0 Å². The first-order valence-electron chi connectivity index (χ1n) is 4.95. The number of carbonyl (C=O) groups is 2. The van der Waals surface area contributed by atoms with E-state index in [2.05, 4.69) is 9.47 Å². The van der Waals surface area contributed by atoms with Crippen LogP contribution in [-0.2, 0) is 28.5 Å². The summed E-state index contributed by atoms with van der Waals surface area (Å²) in [4.78, 5) is 23.1. The lowest BCUT2D eigenvalue weighted by atomic mass is 9.90. The molecule has 92 valence electrons. The van der Waals surface area contributed by atoms with E-state index in [0.717, 1.165) is 0 Å². The second kappa shape index (κ2) is 5.81.